The molecule has 0 aromatic heterocycles. The molecule has 2 rings (SSSR count). The minimum atomic E-state index is 0.449. The number of nitrogens with zero attached hydrogens (tertiary/aromatic N) is 1. The predicted molar refractivity (Wildman–Crippen MR) is 64.8 cm³/mol. The fourth-order valence-electron chi connectivity index (χ4n) is 3.04. The molecule has 0 radical (unpaired) electrons. The second kappa shape index (κ2) is 4.42. The highest BCUT2D eigenvalue weighted by Crippen LogP contribution is 2.38. The van der Waals surface area contributed by atoms with Gasteiger partial charge in [-0.3, -0.25) is 0 Å². The maximum Gasteiger partial charge on any atom is 0.0180 e. The fourth-order valence-corrected chi connectivity index (χ4v) is 3.04. The van der Waals surface area contributed by atoms with E-state index in [2.05, 4.69) is 18.7 Å². The van der Waals surface area contributed by atoms with Crippen molar-refractivity contribution in [2.45, 2.75) is 52.0 Å². The van der Waals surface area contributed by atoms with Crippen molar-refractivity contribution < 1.29 is 0 Å². The van der Waals surface area contributed by atoms with Crippen molar-refractivity contribution in [2.75, 3.05) is 19.6 Å². The van der Waals surface area contributed by atoms with Crippen LogP contribution in [0.15, 0.2) is 0 Å². The molecule has 88 valence electrons. The van der Waals surface area contributed by atoms with Gasteiger partial charge in [-0.15, -0.1) is 0 Å². The van der Waals surface area contributed by atoms with Gasteiger partial charge in [-0.1, -0.05) is 13.8 Å². The smallest absolute Gasteiger partial charge is 0.0180 e. The molecule has 1 saturated heterocycles. The van der Waals surface area contributed by atoms with Gasteiger partial charge in [0.15, 0.2) is 0 Å². The van der Waals surface area contributed by atoms with Crippen molar-refractivity contribution in [1.29, 1.82) is 0 Å². The third kappa shape index (κ3) is 3.18. The molecule has 15 heavy (non-hydrogen) atoms. The Morgan fingerprint density at radius 1 is 1.20 bits per heavy atom. The lowest BCUT2D eigenvalue weighted by molar-refractivity contribution is 0.155. The Morgan fingerprint density at radius 3 is 2.40 bits per heavy atom. The summed E-state index contributed by atoms with van der Waals surface area (Å²) < 4.78 is 0. The molecule has 1 atom stereocenters. The maximum atomic E-state index is 5.93. The molecule has 0 spiro atoms. The molecule has 2 N–H and O–H groups in total. The summed E-state index contributed by atoms with van der Waals surface area (Å²) >= 11 is 0. The lowest BCUT2D eigenvalue weighted by Gasteiger charge is -2.35. The quantitative estimate of drug-likeness (QED) is 0.757. The fraction of sp³-hybridized carbons (Fsp3) is 1.00. The van der Waals surface area contributed by atoms with Crippen molar-refractivity contribution in [1.82, 2.24) is 4.90 Å². The summed E-state index contributed by atoms with van der Waals surface area (Å²) in [5.41, 5.74) is 6.54. The normalized spacial score (nSPS) is 33.4. The van der Waals surface area contributed by atoms with Crippen LogP contribution in [0.2, 0.25) is 0 Å². The number of hydrogen-bond acceptors (Lipinski definition) is 2. The van der Waals surface area contributed by atoms with Crippen molar-refractivity contribution in [3.8, 4) is 0 Å². The zero-order valence-corrected chi connectivity index (χ0v) is 10.3. The van der Waals surface area contributed by atoms with E-state index in [0.29, 0.717) is 11.5 Å². The Labute approximate surface area is 94.2 Å². The number of nitrogens with two attached hydrogens (primary N) is 1. The first-order chi connectivity index (χ1) is 7.05. The summed E-state index contributed by atoms with van der Waals surface area (Å²) in [5, 5.41) is 0. The van der Waals surface area contributed by atoms with Crippen LogP contribution in [-0.4, -0.2) is 30.6 Å². The highest BCUT2D eigenvalue weighted by molar-refractivity contribution is 4.83. The zero-order valence-electron chi connectivity index (χ0n) is 10.3. The highest BCUT2D eigenvalue weighted by Gasteiger charge is 2.29. The van der Waals surface area contributed by atoms with Crippen LogP contribution in [0.3, 0.4) is 0 Å². The summed E-state index contributed by atoms with van der Waals surface area (Å²) in [4.78, 5) is 2.58. The van der Waals surface area contributed by atoms with E-state index in [1.807, 2.05) is 0 Å². The minimum absolute atomic E-state index is 0.449. The van der Waals surface area contributed by atoms with Crippen molar-refractivity contribution in [3.05, 3.63) is 0 Å². The second-order valence-electron chi connectivity index (χ2n) is 6.42. The van der Waals surface area contributed by atoms with Crippen molar-refractivity contribution >= 4 is 0 Å². The van der Waals surface area contributed by atoms with E-state index >= 15 is 0 Å². The zero-order chi connectivity index (χ0) is 10.9. The van der Waals surface area contributed by atoms with E-state index in [-0.39, 0.29) is 0 Å². The molecule has 0 aromatic carbocycles. The Bertz CT molecular complexity index is 203. The lowest BCUT2D eigenvalue weighted by Crippen LogP contribution is -2.33. The summed E-state index contributed by atoms with van der Waals surface area (Å²) in [6, 6.07) is 0.449. The van der Waals surface area contributed by atoms with Crippen LogP contribution in [-0.2, 0) is 0 Å². The Balaban J connectivity index is 1.73. The van der Waals surface area contributed by atoms with Gasteiger partial charge in [-0.05, 0) is 50.0 Å². The first-order valence-corrected chi connectivity index (χ1v) is 6.53. The van der Waals surface area contributed by atoms with Crippen LogP contribution in [0.4, 0.5) is 0 Å². The van der Waals surface area contributed by atoms with Gasteiger partial charge in [0.2, 0.25) is 0 Å². The SMILES string of the molecule is CC1(C)CCC(CN2CC[C@@H](N)C2)CC1. The minimum Gasteiger partial charge on any atom is -0.326 e. The van der Waals surface area contributed by atoms with E-state index in [0.717, 1.165) is 12.5 Å². The Kier molecular flexibility index (Phi) is 3.36. The molecule has 1 saturated carbocycles. The first kappa shape index (κ1) is 11.4. The molecular weight excluding hydrogens is 184 g/mol. The molecule has 0 amide bonds. The summed E-state index contributed by atoms with van der Waals surface area (Å²) in [7, 11) is 0. The molecule has 0 unspecified atom stereocenters. The van der Waals surface area contributed by atoms with Crippen LogP contribution >= 0.6 is 0 Å². The van der Waals surface area contributed by atoms with E-state index in [4.69, 9.17) is 5.73 Å². The molecular formula is C13H26N2. The maximum absolute atomic E-state index is 5.93. The van der Waals surface area contributed by atoms with Crippen LogP contribution in [0.1, 0.15) is 46.0 Å². The largest absolute Gasteiger partial charge is 0.326 e. The number of hydrogen-bond donors (Lipinski definition) is 1. The first-order valence-electron chi connectivity index (χ1n) is 6.53. The molecule has 1 aliphatic heterocycles. The molecule has 2 nitrogen and oxygen atoms in total. The topological polar surface area (TPSA) is 29.3 Å². The summed E-state index contributed by atoms with van der Waals surface area (Å²) in [6.45, 7) is 8.51. The van der Waals surface area contributed by atoms with Gasteiger partial charge >= 0.3 is 0 Å². The average molecular weight is 210 g/mol. The third-order valence-corrected chi connectivity index (χ3v) is 4.28. The highest BCUT2D eigenvalue weighted by atomic mass is 15.2. The van der Waals surface area contributed by atoms with Gasteiger partial charge in [-0.25, -0.2) is 0 Å². The third-order valence-electron chi connectivity index (χ3n) is 4.28. The van der Waals surface area contributed by atoms with Gasteiger partial charge in [0.25, 0.3) is 0 Å². The average Bonchev–Trinajstić information content (AvgIpc) is 2.55. The van der Waals surface area contributed by atoms with E-state index < -0.39 is 0 Å². The number of rotatable bonds is 2. The van der Waals surface area contributed by atoms with Gasteiger partial charge in [0.05, 0.1) is 0 Å². The van der Waals surface area contributed by atoms with Crippen LogP contribution in [0, 0.1) is 11.3 Å². The monoisotopic (exact) mass is 210 g/mol. The van der Waals surface area contributed by atoms with E-state index in [1.54, 1.807) is 0 Å². The second-order valence-corrected chi connectivity index (χ2v) is 6.42. The van der Waals surface area contributed by atoms with Crippen molar-refractivity contribution in [3.63, 3.8) is 0 Å². The van der Waals surface area contributed by atoms with E-state index in [1.165, 1.54) is 45.2 Å². The molecule has 2 fully saturated rings. The molecule has 2 heteroatoms. The van der Waals surface area contributed by atoms with Gasteiger partial charge in [-0.2, -0.15) is 0 Å². The molecule has 1 heterocycles. The number of likely N-dealkylation sites (tertiary alicyclic amines) is 1. The molecule has 0 bridgehead atoms. The Hall–Kier alpha value is -0.0800. The van der Waals surface area contributed by atoms with Crippen LogP contribution in [0.5, 0.6) is 0 Å². The van der Waals surface area contributed by atoms with Crippen molar-refractivity contribution in [2.24, 2.45) is 17.1 Å². The van der Waals surface area contributed by atoms with Gasteiger partial charge in [0.1, 0.15) is 0 Å². The molecule has 2 aliphatic rings. The van der Waals surface area contributed by atoms with E-state index in [9.17, 15) is 0 Å². The predicted octanol–water partition coefficient (Wildman–Crippen LogP) is 2.24. The molecule has 1 aliphatic carbocycles. The van der Waals surface area contributed by atoms with Gasteiger partial charge in [0, 0.05) is 19.1 Å². The Morgan fingerprint density at radius 2 is 1.87 bits per heavy atom. The van der Waals surface area contributed by atoms with Gasteiger partial charge < -0.3 is 10.6 Å². The molecule has 0 aromatic rings. The summed E-state index contributed by atoms with van der Waals surface area (Å²) in [6.07, 6.45) is 6.89. The van der Waals surface area contributed by atoms with Crippen LogP contribution < -0.4 is 5.73 Å². The standard InChI is InChI=1S/C13H26N2/c1-13(2)6-3-11(4-7-13)9-15-8-5-12(14)10-15/h11-12H,3-10,14H2,1-2H3/t12-/m1/s1. The lowest BCUT2D eigenvalue weighted by atomic mass is 9.73. The van der Waals surface area contributed by atoms with Crippen LogP contribution in [0.25, 0.3) is 0 Å². The summed E-state index contributed by atoms with van der Waals surface area (Å²) in [5.74, 6) is 0.948.